The first-order valence-corrected chi connectivity index (χ1v) is 13.0. The van der Waals surface area contributed by atoms with Gasteiger partial charge in [-0.05, 0) is 42.0 Å². The standard InChI is InChI=1S/C26H27N5O3S/c32-25(18-27-26-23-8-4-5-9-24(23)35(33,34)29-26)28-21-10-12-22(13-11-21)31-16-14-30(15-17-31)19-20-6-2-1-3-7-20/h1-13H,14-19H2,(H,27,29)(H,28,32). The molecule has 3 aromatic rings. The number of benzene rings is 3. The van der Waals surface area contributed by atoms with Gasteiger partial charge in [-0.2, -0.15) is 0 Å². The fourth-order valence-electron chi connectivity index (χ4n) is 4.36. The lowest BCUT2D eigenvalue weighted by Crippen LogP contribution is -2.45. The smallest absolute Gasteiger partial charge is 0.263 e. The molecule has 3 aromatic carbocycles. The summed E-state index contributed by atoms with van der Waals surface area (Å²) in [6.45, 7) is 4.69. The molecule has 0 spiro atoms. The molecule has 2 aliphatic heterocycles. The number of hydrogen-bond donors (Lipinski definition) is 2. The molecule has 0 saturated carbocycles. The minimum atomic E-state index is -3.62. The number of carbonyl (C=O) groups is 1. The summed E-state index contributed by atoms with van der Waals surface area (Å²) < 4.78 is 26.7. The van der Waals surface area contributed by atoms with Crippen molar-refractivity contribution in [3.05, 3.63) is 90.0 Å². The summed E-state index contributed by atoms with van der Waals surface area (Å²) in [6, 6.07) is 24.9. The molecule has 35 heavy (non-hydrogen) atoms. The van der Waals surface area contributed by atoms with Crippen LogP contribution in [0.15, 0.2) is 88.8 Å². The number of sulfonamides is 1. The van der Waals surface area contributed by atoms with Gasteiger partial charge < -0.3 is 10.2 Å². The third-order valence-electron chi connectivity index (χ3n) is 6.18. The number of nitrogens with one attached hydrogen (secondary N) is 2. The number of amidine groups is 1. The number of anilines is 2. The second-order valence-corrected chi connectivity index (χ2v) is 10.3. The predicted octanol–water partition coefficient (Wildman–Crippen LogP) is 2.69. The molecule has 0 atom stereocenters. The van der Waals surface area contributed by atoms with Crippen molar-refractivity contribution in [3.8, 4) is 0 Å². The van der Waals surface area contributed by atoms with Crippen LogP contribution in [0.2, 0.25) is 0 Å². The van der Waals surface area contributed by atoms with Gasteiger partial charge >= 0.3 is 0 Å². The van der Waals surface area contributed by atoms with Crippen molar-refractivity contribution in [2.45, 2.75) is 11.4 Å². The highest BCUT2D eigenvalue weighted by Gasteiger charge is 2.30. The lowest BCUT2D eigenvalue weighted by Gasteiger charge is -2.36. The van der Waals surface area contributed by atoms with Gasteiger partial charge in [-0.25, -0.2) is 8.42 Å². The van der Waals surface area contributed by atoms with Crippen LogP contribution in [-0.4, -0.2) is 57.8 Å². The number of fused-ring (bicyclic) bond motifs is 1. The third kappa shape index (κ3) is 5.36. The molecular weight excluding hydrogens is 462 g/mol. The maximum Gasteiger partial charge on any atom is 0.263 e. The molecule has 9 heteroatoms. The van der Waals surface area contributed by atoms with Crippen LogP contribution >= 0.6 is 0 Å². The third-order valence-corrected chi connectivity index (χ3v) is 7.58. The Labute approximate surface area is 205 Å². The van der Waals surface area contributed by atoms with Crippen molar-refractivity contribution in [1.29, 1.82) is 0 Å². The number of rotatable bonds is 6. The van der Waals surface area contributed by atoms with E-state index in [4.69, 9.17) is 0 Å². The first-order chi connectivity index (χ1) is 17.0. The maximum atomic E-state index is 12.4. The van der Waals surface area contributed by atoms with Gasteiger partial charge in [0.2, 0.25) is 5.91 Å². The van der Waals surface area contributed by atoms with Crippen LogP contribution < -0.4 is 14.9 Å². The van der Waals surface area contributed by atoms with Crippen LogP contribution in [-0.2, 0) is 21.4 Å². The molecule has 0 radical (unpaired) electrons. The summed E-state index contributed by atoms with van der Waals surface area (Å²) in [5.74, 6) is -0.124. The Morgan fingerprint density at radius 2 is 1.57 bits per heavy atom. The number of aliphatic imine (C=N–C) groups is 1. The zero-order valence-corrected chi connectivity index (χ0v) is 20.0. The molecule has 2 aliphatic rings. The minimum absolute atomic E-state index is 0.177. The van der Waals surface area contributed by atoms with Gasteiger partial charge in [0.15, 0.2) is 0 Å². The molecule has 2 heterocycles. The molecule has 0 aromatic heterocycles. The molecule has 0 aliphatic carbocycles. The van der Waals surface area contributed by atoms with Crippen LogP contribution in [0.4, 0.5) is 11.4 Å². The summed E-state index contributed by atoms with van der Waals surface area (Å²) in [5, 5.41) is 2.83. The zero-order valence-electron chi connectivity index (χ0n) is 19.2. The van der Waals surface area contributed by atoms with E-state index in [1.807, 2.05) is 30.3 Å². The maximum absolute atomic E-state index is 12.4. The fourth-order valence-corrected chi connectivity index (χ4v) is 5.62. The molecule has 0 unspecified atom stereocenters. The normalized spacial score (nSPS) is 18.2. The van der Waals surface area contributed by atoms with E-state index in [0.29, 0.717) is 11.3 Å². The Bertz CT molecular complexity index is 1330. The van der Waals surface area contributed by atoms with Crippen molar-refractivity contribution < 1.29 is 13.2 Å². The van der Waals surface area contributed by atoms with Gasteiger partial charge in [-0.15, -0.1) is 0 Å². The molecule has 1 amide bonds. The number of piperazine rings is 1. The number of amides is 1. The fraction of sp³-hybridized carbons (Fsp3) is 0.231. The second-order valence-electron chi connectivity index (χ2n) is 8.61. The Kier molecular flexibility index (Phi) is 6.52. The summed E-state index contributed by atoms with van der Waals surface area (Å²) in [5.41, 5.74) is 3.61. The molecule has 8 nitrogen and oxygen atoms in total. The van der Waals surface area contributed by atoms with E-state index in [-0.39, 0.29) is 23.2 Å². The highest BCUT2D eigenvalue weighted by Crippen LogP contribution is 2.23. The van der Waals surface area contributed by atoms with E-state index in [9.17, 15) is 13.2 Å². The van der Waals surface area contributed by atoms with Crippen LogP contribution in [0, 0.1) is 0 Å². The van der Waals surface area contributed by atoms with E-state index < -0.39 is 10.0 Å². The van der Waals surface area contributed by atoms with E-state index in [1.54, 1.807) is 18.2 Å². The van der Waals surface area contributed by atoms with E-state index in [2.05, 4.69) is 49.1 Å². The summed E-state index contributed by atoms with van der Waals surface area (Å²) >= 11 is 0. The van der Waals surface area contributed by atoms with Crippen molar-refractivity contribution in [3.63, 3.8) is 0 Å². The average molecular weight is 490 g/mol. The Hall–Kier alpha value is -3.69. The summed E-state index contributed by atoms with van der Waals surface area (Å²) in [6.07, 6.45) is 0. The highest BCUT2D eigenvalue weighted by molar-refractivity contribution is 7.90. The quantitative estimate of drug-likeness (QED) is 0.555. The van der Waals surface area contributed by atoms with Crippen molar-refractivity contribution in [1.82, 2.24) is 9.62 Å². The van der Waals surface area contributed by atoms with Crippen LogP contribution in [0.1, 0.15) is 11.1 Å². The number of carbonyl (C=O) groups excluding carboxylic acids is 1. The van der Waals surface area contributed by atoms with Crippen molar-refractivity contribution in [2.75, 3.05) is 42.9 Å². The van der Waals surface area contributed by atoms with Gasteiger partial charge in [0.1, 0.15) is 12.4 Å². The van der Waals surface area contributed by atoms with Gasteiger partial charge in [0.05, 0.1) is 4.90 Å². The lowest BCUT2D eigenvalue weighted by atomic mass is 10.2. The average Bonchev–Trinajstić information content (AvgIpc) is 3.14. The van der Waals surface area contributed by atoms with Gasteiger partial charge in [0.25, 0.3) is 10.0 Å². The van der Waals surface area contributed by atoms with E-state index in [0.717, 1.165) is 38.4 Å². The van der Waals surface area contributed by atoms with Crippen molar-refractivity contribution >= 4 is 33.1 Å². The molecular formula is C26H27N5O3S. The molecule has 1 saturated heterocycles. The van der Waals surface area contributed by atoms with Crippen LogP contribution in [0.25, 0.3) is 0 Å². The van der Waals surface area contributed by atoms with Crippen LogP contribution in [0.3, 0.4) is 0 Å². The lowest BCUT2D eigenvalue weighted by molar-refractivity contribution is -0.114. The van der Waals surface area contributed by atoms with E-state index >= 15 is 0 Å². The summed E-state index contributed by atoms with van der Waals surface area (Å²) in [4.78, 5) is 21.6. The highest BCUT2D eigenvalue weighted by atomic mass is 32.2. The number of nitrogens with zero attached hydrogens (tertiary/aromatic N) is 3. The van der Waals surface area contributed by atoms with Crippen LogP contribution in [0.5, 0.6) is 0 Å². The first-order valence-electron chi connectivity index (χ1n) is 11.6. The largest absolute Gasteiger partial charge is 0.369 e. The number of hydrogen-bond acceptors (Lipinski definition) is 6. The SMILES string of the molecule is O=C(CN=C1NS(=O)(=O)c2ccccc21)Nc1ccc(N2CCN(Cc3ccccc3)CC2)cc1. The minimum Gasteiger partial charge on any atom is -0.369 e. The molecule has 5 rings (SSSR count). The Morgan fingerprint density at radius 3 is 2.31 bits per heavy atom. The monoisotopic (exact) mass is 489 g/mol. The van der Waals surface area contributed by atoms with Gasteiger partial charge in [-0.1, -0.05) is 42.5 Å². The predicted molar refractivity (Wildman–Crippen MR) is 137 cm³/mol. The molecule has 180 valence electrons. The Morgan fingerprint density at radius 1 is 0.886 bits per heavy atom. The zero-order chi connectivity index (χ0) is 24.3. The molecule has 2 N–H and O–H groups in total. The molecule has 0 bridgehead atoms. The topological polar surface area (TPSA) is 94.1 Å². The van der Waals surface area contributed by atoms with Gasteiger partial charge in [-0.3, -0.25) is 19.4 Å². The van der Waals surface area contributed by atoms with E-state index in [1.165, 1.54) is 11.6 Å². The van der Waals surface area contributed by atoms with Crippen molar-refractivity contribution in [2.24, 2.45) is 4.99 Å². The van der Waals surface area contributed by atoms with Gasteiger partial charge in [0, 0.05) is 49.7 Å². The second kappa shape index (κ2) is 9.89. The Balaban J connectivity index is 1.13. The first kappa shape index (κ1) is 23.1. The molecule has 1 fully saturated rings. The summed E-state index contributed by atoms with van der Waals surface area (Å²) in [7, 11) is -3.62.